The van der Waals surface area contributed by atoms with Gasteiger partial charge in [0, 0.05) is 16.5 Å². The van der Waals surface area contributed by atoms with Crippen LogP contribution in [0.3, 0.4) is 0 Å². The van der Waals surface area contributed by atoms with Gasteiger partial charge in [0.25, 0.3) is 0 Å². The van der Waals surface area contributed by atoms with E-state index in [0.29, 0.717) is 5.56 Å². The van der Waals surface area contributed by atoms with Crippen molar-refractivity contribution >= 4 is 50.6 Å². The van der Waals surface area contributed by atoms with E-state index < -0.39 is 8.07 Å². The third-order valence-electron chi connectivity index (χ3n) is 9.21. The Morgan fingerprint density at radius 2 is 0.891 bits per heavy atom. The van der Waals surface area contributed by atoms with E-state index in [1.807, 2.05) is 6.07 Å². The second-order valence-corrected chi connectivity index (χ2v) is 15.4. The van der Waals surface area contributed by atoms with Crippen LogP contribution in [0.15, 0.2) is 182 Å². The average molecular weight is 603 g/mol. The molecule has 8 aromatic rings. The second-order valence-electron chi connectivity index (χ2n) is 11.6. The van der Waals surface area contributed by atoms with Crippen molar-refractivity contribution in [3.05, 3.63) is 188 Å². The van der Waals surface area contributed by atoms with Crippen LogP contribution < -0.4 is 20.7 Å². The van der Waals surface area contributed by atoms with Crippen molar-refractivity contribution in [3.8, 4) is 22.9 Å². The van der Waals surface area contributed by atoms with Crippen LogP contribution in [0.1, 0.15) is 5.56 Å². The molecule has 0 amide bonds. The van der Waals surface area contributed by atoms with E-state index in [0.717, 1.165) is 16.8 Å². The fraction of sp³-hybridized carbons (Fsp3) is 0. The molecular weight excluding hydrogens is 573 g/mol. The Morgan fingerprint density at radius 1 is 0.435 bits per heavy atom. The zero-order valence-corrected chi connectivity index (χ0v) is 26.2. The normalized spacial score (nSPS) is 11.5. The Kier molecular flexibility index (Phi) is 6.91. The van der Waals surface area contributed by atoms with Gasteiger partial charge < -0.3 is 4.57 Å². The highest BCUT2D eigenvalue weighted by Gasteiger charge is 2.41. The minimum atomic E-state index is -2.73. The summed E-state index contributed by atoms with van der Waals surface area (Å²) in [6.45, 7) is 0. The molecule has 0 saturated carbocycles. The molecule has 0 N–H and O–H groups in total. The Bertz CT molecular complexity index is 2200. The standard InChI is InChI=1S/C43H30N2Si/c44-31-33-26-29-38(46(35-14-4-1-5-15-35,36-16-6-2-7-17-36)37-18-8-3-9-19-37)30-41(33)32-24-27-34(28-25-32)45-42-22-12-10-20-39(42)40-21-11-13-23-43(40)45/h1-30H. The van der Waals surface area contributed by atoms with E-state index in [-0.39, 0.29) is 0 Å². The molecule has 0 saturated heterocycles. The maximum atomic E-state index is 10.3. The van der Waals surface area contributed by atoms with Crippen LogP contribution in [0.2, 0.25) is 0 Å². The molecule has 0 aliphatic carbocycles. The minimum absolute atomic E-state index is 0.672. The maximum Gasteiger partial charge on any atom is 0.179 e. The van der Waals surface area contributed by atoms with Gasteiger partial charge in [0.05, 0.1) is 22.7 Å². The predicted molar refractivity (Wildman–Crippen MR) is 195 cm³/mol. The van der Waals surface area contributed by atoms with Gasteiger partial charge in [-0.05, 0) is 62.2 Å². The van der Waals surface area contributed by atoms with Gasteiger partial charge in [-0.3, -0.25) is 0 Å². The van der Waals surface area contributed by atoms with Crippen molar-refractivity contribution in [2.75, 3.05) is 0 Å². The fourth-order valence-electron chi connectivity index (χ4n) is 7.17. The van der Waals surface area contributed by atoms with E-state index in [9.17, 15) is 5.26 Å². The zero-order valence-electron chi connectivity index (χ0n) is 25.2. The monoisotopic (exact) mass is 602 g/mol. The first-order valence-corrected chi connectivity index (χ1v) is 17.6. The summed E-state index contributed by atoms with van der Waals surface area (Å²) in [6.07, 6.45) is 0. The Hall–Kier alpha value is -5.95. The van der Waals surface area contributed by atoms with Crippen LogP contribution in [0.4, 0.5) is 0 Å². The van der Waals surface area contributed by atoms with Crippen LogP contribution in [-0.4, -0.2) is 12.6 Å². The largest absolute Gasteiger partial charge is 0.309 e. The van der Waals surface area contributed by atoms with Crippen LogP contribution in [0.25, 0.3) is 38.6 Å². The molecule has 0 unspecified atom stereocenters. The molecule has 216 valence electrons. The molecule has 46 heavy (non-hydrogen) atoms. The van der Waals surface area contributed by atoms with Gasteiger partial charge in [0.15, 0.2) is 8.07 Å². The average Bonchev–Trinajstić information content (AvgIpc) is 3.48. The Labute approximate surface area is 270 Å². The molecule has 0 aliphatic heterocycles. The van der Waals surface area contributed by atoms with Crippen molar-refractivity contribution in [1.82, 2.24) is 4.57 Å². The molecule has 2 nitrogen and oxygen atoms in total. The molecule has 0 bridgehead atoms. The van der Waals surface area contributed by atoms with Crippen molar-refractivity contribution in [2.24, 2.45) is 0 Å². The SMILES string of the molecule is N#Cc1ccc([Si](c2ccccc2)(c2ccccc2)c2ccccc2)cc1-c1ccc(-n2c3ccccc3c3ccccc32)cc1. The molecule has 0 spiro atoms. The summed E-state index contributed by atoms with van der Waals surface area (Å²) in [5.74, 6) is 0. The third-order valence-corrected chi connectivity index (χ3v) is 14.0. The number of para-hydroxylation sites is 2. The minimum Gasteiger partial charge on any atom is -0.309 e. The van der Waals surface area contributed by atoms with E-state index in [2.05, 4.69) is 187 Å². The summed E-state index contributed by atoms with van der Waals surface area (Å²) in [5, 5.41) is 18.0. The van der Waals surface area contributed by atoms with E-state index in [1.165, 1.54) is 42.6 Å². The fourth-order valence-corrected chi connectivity index (χ4v) is 11.9. The molecule has 8 rings (SSSR count). The molecular formula is C43H30N2Si. The van der Waals surface area contributed by atoms with Gasteiger partial charge >= 0.3 is 0 Å². The molecule has 7 aromatic carbocycles. The Morgan fingerprint density at radius 3 is 1.37 bits per heavy atom. The molecule has 1 heterocycles. The highest BCUT2D eigenvalue weighted by molar-refractivity contribution is 7.19. The maximum absolute atomic E-state index is 10.3. The number of hydrogen-bond donors (Lipinski definition) is 0. The number of aromatic nitrogens is 1. The van der Waals surface area contributed by atoms with Crippen LogP contribution >= 0.6 is 0 Å². The van der Waals surface area contributed by atoms with E-state index in [1.54, 1.807) is 0 Å². The molecule has 0 aliphatic rings. The molecule has 0 atom stereocenters. The van der Waals surface area contributed by atoms with E-state index in [4.69, 9.17) is 0 Å². The number of benzene rings is 7. The number of rotatable bonds is 6. The first-order chi connectivity index (χ1) is 22.8. The lowest BCUT2D eigenvalue weighted by molar-refractivity contribution is 1.18. The molecule has 0 radical (unpaired) electrons. The predicted octanol–water partition coefficient (Wildman–Crippen LogP) is 7.70. The van der Waals surface area contributed by atoms with Crippen molar-refractivity contribution in [3.63, 3.8) is 0 Å². The lowest BCUT2D eigenvalue weighted by Gasteiger charge is -2.34. The lowest BCUT2D eigenvalue weighted by Crippen LogP contribution is -2.74. The molecule has 0 fully saturated rings. The summed E-state index contributed by atoms with van der Waals surface area (Å²) in [4.78, 5) is 0. The number of hydrogen-bond acceptors (Lipinski definition) is 1. The molecule has 1 aromatic heterocycles. The van der Waals surface area contributed by atoms with Gasteiger partial charge in [-0.2, -0.15) is 5.26 Å². The smallest absolute Gasteiger partial charge is 0.179 e. The zero-order chi connectivity index (χ0) is 30.9. The van der Waals surface area contributed by atoms with Gasteiger partial charge in [-0.1, -0.05) is 152 Å². The summed E-state index contributed by atoms with van der Waals surface area (Å²) >= 11 is 0. The van der Waals surface area contributed by atoms with Gasteiger partial charge in [-0.15, -0.1) is 0 Å². The summed E-state index contributed by atoms with van der Waals surface area (Å²) in [5.41, 5.74) is 6.11. The topological polar surface area (TPSA) is 28.7 Å². The number of fused-ring (bicyclic) bond motifs is 3. The van der Waals surface area contributed by atoms with Crippen LogP contribution in [0, 0.1) is 11.3 Å². The number of nitrogens with zero attached hydrogens (tertiary/aromatic N) is 2. The lowest BCUT2D eigenvalue weighted by atomic mass is 10.00. The van der Waals surface area contributed by atoms with E-state index >= 15 is 0 Å². The third kappa shape index (κ3) is 4.39. The van der Waals surface area contributed by atoms with Crippen molar-refractivity contribution in [2.45, 2.75) is 0 Å². The summed E-state index contributed by atoms with van der Waals surface area (Å²) in [6, 6.07) is 67.5. The first-order valence-electron chi connectivity index (χ1n) is 15.6. The first kappa shape index (κ1) is 27.6. The summed E-state index contributed by atoms with van der Waals surface area (Å²) in [7, 11) is -2.73. The second kappa shape index (κ2) is 11.5. The number of nitriles is 1. The van der Waals surface area contributed by atoms with Gasteiger partial charge in [0.2, 0.25) is 0 Å². The van der Waals surface area contributed by atoms with Gasteiger partial charge in [-0.25, -0.2) is 0 Å². The van der Waals surface area contributed by atoms with Crippen LogP contribution in [0.5, 0.6) is 0 Å². The highest BCUT2D eigenvalue weighted by atomic mass is 28.3. The van der Waals surface area contributed by atoms with Crippen LogP contribution in [-0.2, 0) is 0 Å². The summed E-state index contributed by atoms with van der Waals surface area (Å²) < 4.78 is 2.33. The molecule has 3 heteroatoms. The van der Waals surface area contributed by atoms with Crippen molar-refractivity contribution in [1.29, 1.82) is 5.26 Å². The highest BCUT2D eigenvalue weighted by Crippen LogP contribution is 2.33. The Balaban J connectivity index is 1.33. The van der Waals surface area contributed by atoms with Crippen molar-refractivity contribution < 1.29 is 0 Å². The quantitative estimate of drug-likeness (QED) is 0.142. The van der Waals surface area contributed by atoms with Gasteiger partial charge in [0.1, 0.15) is 0 Å².